The second kappa shape index (κ2) is 9.81. The first-order valence-corrected chi connectivity index (χ1v) is 9.60. The fourth-order valence-electron chi connectivity index (χ4n) is 2.54. The average Bonchev–Trinajstić information content (AvgIpc) is 2.74. The van der Waals surface area contributed by atoms with Gasteiger partial charge < -0.3 is 10.1 Å². The van der Waals surface area contributed by atoms with Gasteiger partial charge in [-0.2, -0.15) is 5.26 Å². The van der Waals surface area contributed by atoms with Gasteiger partial charge in [0, 0.05) is 11.3 Å². The molecule has 0 fully saturated rings. The molecule has 3 rings (SSSR count). The van der Waals surface area contributed by atoms with E-state index in [0.29, 0.717) is 27.0 Å². The van der Waals surface area contributed by atoms with Crippen molar-refractivity contribution >= 4 is 33.6 Å². The van der Waals surface area contributed by atoms with Crippen LogP contribution in [0.4, 0.5) is 14.5 Å². The third-order valence-corrected chi connectivity index (χ3v) is 4.69. The Morgan fingerprint density at radius 2 is 1.83 bits per heavy atom. The van der Waals surface area contributed by atoms with Gasteiger partial charge in [0.05, 0.1) is 4.47 Å². The summed E-state index contributed by atoms with van der Waals surface area (Å²) in [5, 5.41) is 11.9. The molecule has 7 heteroatoms. The van der Waals surface area contributed by atoms with Crippen molar-refractivity contribution in [2.75, 3.05) is 5.32 Å². The minimum Gasteiger partial charge on any atom is -0.488 e. The molecule has 1 N–H and O–H groups in total. The van der Waals surface area contributed by atoms with Crippen LogP contribution in [0.15, 0.2) is 76.8 Å². The van der Waals surface area contributed by atoms with E-state index in [-0.39, 0.29) is 18.0 Å². The number of carbonyl (C=O) groups excluding carboxylic acids is 1. The molecule has 4 nitrogen and oxygen atoms in total. The number of rotatable bonds is 6. The first-order valence-electron chi connectivity index (χ1n) is 8.81. The van der Waals surface area contributed by atoms with Crippen LogP contribution < -0.4 is 10.1 Å². The van der Waals surface area contributed by atoms with E-state index in [9.17, 15) is 18.8 Å². The van der Waals surface area contributed by atoms with Gasteiger partial charge in [0.2, 0.25) is 0 Å². The summed E-state index contributed by atoms with van der Waals surface area (Å²) < 4.78 is 32.9. The highest BCUT2D eigenvalue weighted by Crippen LogP contribution is 2.28. The Morgan fingerprint density at radius 1 is 1.10 bits per heavy atom. The lowest BCUT2D eigenvalue weighted by atomic mass is 10.1. The zero-order chi connectivity index (χ0) is 21.5. The summed E-state index contributed by atoms with van der Waals surface area (Å²) >= 11 is 3.38. The number of amides is 1. The molecule has 0 saturated heterocycles. The molecule has 3 aromatic carbocycles. The molecular weight excluding hydrogens is 454 g/mol. The Balaban J connectivity index is 1.71. The number of hydrogen-bond acceptors (Lipinski definition) is 3. The molecule has 1 amide bonds. The zero-order valence-corrected chi connectivity index (χ0v) is 17.1. The summed E-state index contributed by atoms with van der Waals surface area (Å²) in [7, 11) is 0. The first-order chi connectivity index (χ1) is 14.5. The van der Waals surface area contributed by atoms with Gasteiger partial charge in [0.15, 0.2) is 0 Å². The van der Waals surface area contributed by atoms with Crippen molar-refractivity contribution in [3.8, 4) is 11.8 Å². The van der Waals surface area contributed by atoms with Crippen LogP contribution in [-0.2, 0) is 11.4 Å². The number of benzene rings is 3. The number of halogens is 3. The van der Waals surface area contributed by atoms with Crippen molar-refractivity contribution in [2.24, 2.45) is 0 Å². The predicted molar refractivity (Wildman–Crippen MR) is 113 cm³/mol. The molecule has 3 aromatic rings. The van der Waals surface area contributed by atoms with E-state index in [1.54, 1.807) is 36.4 Å². The lowest BCUT2D eigenvalue weighted by molar-refractivity contribution is -0.112. The standard InChI is InChI=1S/C23H15BrF2N2O2/c24-20-12-15(5-10-22(20)30-14-16-3-1-2-4-21(16)26)11-17(13-27)23(29)28-19-8-6-18(25)7-9-19/h1-12H,14H2,(H,28,29)/b17-11+. The third kappa shape index (κ3) is 5.52. The molecule has 0 bridgehead atoms. The fraction of sp³-hybridized carbons (Fsp3) is 0.0435. The van der Waals surface area contributed by atoms with Crippen molar-refractivity contribution < 1.29 is 18.3 Å². The van der Waals surface area contributed by atoms with E-state index < -0.39 is 11.7 Å². The Hall–Kier alpha value is -3.50. The van der Waals surface area contributed by atoms with Crippen LogP contribution in [0.5, 0.6) is 5.75 Å². The van der Waals surface area contributed by atoms with Crippen molar-refractivity contribution in [1.29, 1.82) is 5.26 Å². The van der Waals surface area contributed by atoms with E-state index in [2.05, 4.69) is 21.2 Å². The van der Waals surface area contributed by atoms with Crippen LogP contribution in [0.25, 0.3) is 6.08 Å². The van der Waals surface area contributed by atoms with Gasteiger partial charge in [-0.3, -0.25) is 4.79 Å². The topological polar surface area (TPSA) is 62.1 Å². The lowest BCUT2D eigenvalue weighted by Crippen LogP contribution is -2.13. The summed E-state index contributed by atoms with van der Waals surface area (Å²) in [6, 6.07) is 18.4. The van der Waals surface area contributed by atoms with Crippen LogP contribution in [0.1, 0.15) is 11.1 Å². The van der Waals surface area contributed by atoms with Crippen LogP contribution >= 0.6 is 15.9 Å². The molecule has 0 unspecified atom stereocenters. The third-order valence-electron chi connectivity index (χ3n) is 4.08. The molecule has 0 radical (unpaired) electrons. The van der Waals surface area contributed by atoms with Gasteiger partial charge in [-0.15, -0.1) is 0 Å². The largest absolute Gasteiger partial charge is 0.488 e. The number of ether oxygens (including phenoxy) is 1. The minimum absolute atomic E-state index is 0.0595. The molecular formula is C23H15BrF2N2O2. The minimum atomic E-state index is -0.611. The number of hydrogen-bond donors (Lipinski definition) is 1. The van der Waals surface area contributed by atoms with E-state index >= 15 is 0 Å². The van der Waals surface area contributed by atoms with Gasteiger partial charge in [-0.05, 0) is 70.0 Å². The predicted octanol–water partition coefficient (Wildman–Crippen LogP) is 5.85. The SMILES string of the molecule is N#C/C(=C\c1ccc(OCc2ccccc2F)c(Br)c1)C(=O)Nc1ccc(F)cc1. The molecule has 0 atom stereocenters. The molecule has 0 spiro atoms. The fourth-order valence-corrected chi connectivity index (χ4v) is 3.05. The van der Waals surface area contributed by atoms with Crippen LogP contribution in [0.3, 0.4) is 0 Å². The first kappa shape index (κ1) is 21.2. The molecule has 0 aliphatic rings. The number of anilines is 1. The molecule has 0 heterocycles. The average molecular weight is 469 g/mol. The van der Waals surface area contributed by atoms with Crippen molar-refractivity contribution in [3.63, 3.8) is 0 Å². The van der Waals surface area contributed by atoms with Gasteiger partial charge in [0.1, 0.15) is 35.6 Å². The van der Waals surface area contributed by atoms with Crippen molar-refractivity contribution in [2.45, 2.75) is 6.61 Å². The molecule has 0 aliphatic heterocycles. The van der Waals surface area contributed by atoms with Crippen molar-refractivity contribution in [1.82, 2.24) is 0 Å². The normalized spacial score (nSPS) is 10.9. The Morgan fingerprint density at radius 3 is 2.50 bits per heavy atom. The number of nitriles is 1. The van der Waals surface area contributed by atoms with E-state index in [1.807, 2.05) is 6.07 Å². The van der Waals surface area contributed by atoms with Crippen molar-refractivity contribution in [3.05, 3.63) is 99.5 Å². The number of carbonyl (C=O) groups is 1. The summed E-state index contributed by atoms with van der Waals surface area (Å²) in [5.41, 5.74) is 1.27. The Bertz CT molecular complexity index is 1140. The second-order valence-electron chi connectivity index (χ2n) is 6.20. The maximum atomic E-state index is 13.7. The quantitative estimate of drug-likeness (QED) is 0.364. The van der Waals surface area contributed by atoms with Gasteiger partial charge in [-0.25, -0.2) is 8.78 Å². The highest BCUT2D eigenvalue weighted by molar-refractivity contribution is 9.10. The van der Waals surface area contributed by atoms with Crippen LogP contribution in [-0.4, -0.2) is 5.91 Å². The molecule has 30 heavy (non-hydrogen) atoms. The summed E-state index contributed by atoms with van der Waals surface area (Å²) in [4.78, 5) is 12.3. The van der Waals surface area contributed by atoms with Crippen LogP contribution in [0.2, 0.25) is 0 Å². The highest BCUT2D eigenvalue weighted by Gasteiger charge is 2.11. The molecule has 0 aromatic heterocycles. The molecule has 0 aliphatic carbocycles. The van der Waals surface area contributed by atoms with Gasteiger partial charge >= 0.3 is 0 Å². The number of nitrogens with one attached hydrogen (secondary N) is 1. The highest BCUT2D eigenvalue weighted by atomic mass is 79.9. The zero-order valence-electron chi connectivity index (χ0n) is 15.5. The summed E-state index contributed by atoms with van der Waals surface area (Å²) in [6.45, 7) is 0.0595. The van der Waals surface area contributed by atoms with E-state index in [0.717, 1.165) is 0 Å². The summed E-state index contributed by atoms with van der Waals surface area (Å²) in [6.07, 6.45) is 1.42. The monoisotopic (exact) mass is 468 g/mol. The maximum Gasteiger partial charge on any atom is 0.266 e. The second-order valence-corrected chi connectivity index (χ2v) is 7.06. The number of nitrogens with zero attached hydrogens (tertiary/aromatic N) is 1. The van der Waals surface area contributed by atoms with E-state index in [1.165, 1.54) is 36.4 Å². The lowest BCUT2D eigenvalue weighted by Gasteiger charge is -2.10. The molecule has 0 saturated carbocycles. The Labute approximate surface area is 180 Å². The Kier molecular flexibility index (Phi) is 6.94. The summed E-state index contributed by atoms with van der Waals surface area (Å²) in [5.74, 6) is -0.894. The van der Waals surface area contributed by atoms with Gasteiger partial charge in [0.25, 0.3) is 5.91 Å². The maximum absolute atomic E-state index is 13.7. The van der Waals surface area contributed by atoms with Crippen LogP contribution in [0, 0.1) is 23.0 Å². The van der Waals surface area contributed by atoms with Gasteiger partial charge in [-0.1, -0.05) is 24.3 Å². The van der Waals surface area contributed by atoms with E-state index in [4.69, 9.17) is 4.74 Å². The smallest absolute Gasteiger partial charge is 0.266 e. The molecule has 150 valence electrons.